The first-order valence-electron chi connectivity index (χ1n) is 6.50. The molecule has 2 rings (SSSR count). The number of nitrogens with one attached hydrogen (secondary N) is 1. The SMILES string of the molecule is Cc1cccc(NCc2cc(Br)ccc2OC(F)F)c1C. The Labute approximate surface area is 131 Å². The third kappa shape index (κ3) is 4.17. The summed E-state index contributed by atoms with van der Waals surface area (Å²) in [6.45, 7) is 1.64. The van der Waals surface area contributed by atoms with Gasteiger partial charge >= 0.3 is 6.61 Å². The molecule has 0 aromatic heterocycles. The van der Waals surface area contributed by atoms with Crippen LogP contribution >= 0.6 is 15.9 Å². The highest BCUT2D eigenvalue weighted by atomic mass is 79.9. The topological polar surface area (TPSA) is 21.3 Å². The summed E-state index contributed by atoms with van der Waals surface area (Å²) in [6, 6.07) is 11.0. The van der Waals surface area contributed by atoms with E-state index in [2.05, 4.69) is 26.0 Å². The molecule has 0 aliphatic rings. The zero-order valence-electron chi connectivity index (χ0n) is 11.8. The number of hydrogen-bond acceptors (Lipinski definition) is 2. The summed E-state index contributed by atoms with van der Waals surface area (Å²) in [7, 11) is 0. The van der Waals surface area contributed by atoms with Crippen molar-refractivity contribution >= 4 is 21.6 Å². The van der Waals surface area contributed by atoms with Gasteiger partial charge in [-0.05, 0) is 49.2 Å². The summed E-state index contributed by atoms with van der Waals surface area (Å²) in [5.41, 5.74) is 3.98. The van der Waals surface area contributed by atoms with Gasteiger partial charge in [0.1, 0.15) is 5.75 Å². The third-order valence-corrected chi connectivity index (χ3v) is 3.81. The molecule has 0 aliphatic heterocycles. The fraction of sp³-hybridized carbons (Fsp3) is 0.250. The molecule has 0 bridgehead atoms. The molecular formula is C16H16BrF2NO. The summed E-state index contributed by atoms with van der Waals surface area (Å²) in [5, 5.41) is 3.27. The van der Waals surface area contributed by atoms with Gasteiger partial charge in [-0.1, -0.05) is 28.1 Å². The van der Waals surface area contributed by atoms with Gasteiger partial charge in [0.15, 0.2) is 0 Å². The molecule has 5 heteroatoms. The Bertz CT molecular complexity index is 632. The van der Waals surface area contributed by atoms with Gasteiger partial charge in [-0.15, -0.1) is 0 Å². The lowest BCUT2D eigenvalue weighted by Gasteiger charge is -2.15. The minimum absolute atomic E-state index is 0.186. The Hall–Kier alpha value is -1.62. The van der Waals surface area contributed by atoms with Crippen LogP contribution in [-0.2, 0) is 6.54 Å². The molecule has 0 saturated heterocycles. The zero-order valence-corrected chi connectivity index (χ0v) is 13.4. The number of hydrogen-bond donors (Lipinski definition) is 1. The predicted octanol–water partition coefficient (Wildman–Crippen LogP) is 5.28. The Kier molecular flexibility index (Phi) is 5.17. The number of alkyl halides is 2. The average molecular weight is 356 g/mol. The molecule has 0 radical (unpaired) electrons. The molecule has 0 amide bonds. The highest BCUT2D eigenvalue weighted by Gasteiger charge is 2.10. The van der Waals surface area contributed by atoms with Crippen molar-refractivity contribution in [3.8, 4) is 5.75 Å². The minimum Gasteiger partial charge on any atom is -0.434 e. The molecule has 0 atom stereocenters. The van der Waals surface area contributed by atoms with Gasteiger partial charge in [0.05, 0.1) is 0 Å². The van der Waals surface area contributed by atoms with Gasteiger partial charge in [-0.2, -0.15) is 8.78 Å². The largest absolute Gasteiger partial charge is 0.434 e. The van der Waals surface area contributed by atoms with E-state index in [0.29, 0.717) is 12.1 Å². The summed E-state index contributed by atoms with van der Waals surface area (Å²) < 4.78 is 30.2. The predicted molar refractivity (Wildman–Crippen MR) is 84.0 cm³/mol. The van der Waals surface area contributed by atoms with E-state index in [9.17, 15) is 8.78 Å². The molecular weight excluding hydrogens is 340 g/mol. The van der Waals surface area contributed by atoms with Gasteiger partial charge in [-0.25, -0.2) is 0 Å². The Morgan fingerprint density at radius 2 is 1.95 bits per heavy atom. The van der Waals surface area contributed by atoms with Gasteiger partial charge in [0.2, 0.25) is 0 Å². The van der Waals surface area contributed by atoms with Crippen molar-refractivity contribution in [2.24, 2.45) is 0 Å². The van der Waals surface area contributed by atoms with Crippen LogP contribution in [0.4, 0.5) is 14.5 Å². The summed E-state index contributed by atoms with van der Waals surface area (Å²) in [6.07, 6.45) is 0. The van der Waals surface area contributed by atoms with Crippen molar-refractivity contribution in [1.29, 1.82) is 0 Å². The lowest BCUT2D eigenvalue weighted by atomic mass is 10.1. The second-order valence-corrected chi connectivity index (χ2v) is 5.65. The van der Waals surface area contributed by atoms with Gasteiger partial charge in [0.25, 0.3) is 0 Å². The second kappa shape index (κ2) is 6.89. The van der Waals surface area contributed by atoms with Crippen molar-refractivity contribution in [1.82, 2.24) is 0 Å². The number of anilines is 1. The summed E-state index contributed by atoms with van der Waals surface area (Å²) >= 11 is 3.34. The molecule has 2 nitrogen and oxygen atoms in total. The zero-order chi connectivity index (χ0) is 15.4. The molecule has 0 spiro atoms. The van der Waals surface area contributed by atoms with Gasteiger partial charge in [-0.3, -0.25) is 0 Å². The fourth-order valence-corrected chi connectivity index (χ4v) is 2.44. The van der Waals surface area contributed by atoms with Crippen LogP contribution in [0.2, 0.25) is 0 Å². The number of ether oxygens (including phenoxy) is 1. The monoisotopic (exact) mass is 355 g/mol. The van der Waals surface area contributed by atoms with E-state index in [-0.39, 0.29) is 5.75 Å². The first-order valence-corrected chi connectivity index (χ1v) is 7.30. The smallest absolute Gasteiger partial charge is 0.387 e. The van der Waals surface area contributed by atoms with E-state index < -0.39 is 6.61 Å². The lowest BCUT2D eigenvalue weighted by Crippen LogP contribution is -2.08. The van der Waals surface area contributed by atoms with Crippen LogP contribution < -0.4 is 10.1 Å². The van der Waals surface area contributed by atoms with Crippen LogP contribution in [0.5, 0.6) is 5.75 Å². The number of benzene rings is 2. The molecule has 21 heavy (non-hydrogen) atoms. The van der Waals surface area contributed by atoms with Gasteiger partial charge < -0.3 is 10.1 Å². The molecule has 0 fully saturated rings. The van der Waals surface area contributed by atoms with Crippen LogP contribution in [0, 0.1) is 13.8 Å². The average Bonchev–Trinajstić information content (AvgIpc) is 2.42. The standard InChI is InChI=1S/C16H16BrF2NO/c1-10-4-3-5-14(11(10)2)20-9-12-8-13(17)6-7-15(12)21-16(18)19/h3-8,16,20H,9H2,1-2H3. The molecule has 112 valence electrons. The van der Waals surface area contributed by atoms with E-state index in [0.717, 1.165) is 15.7 Å². The molecule has 0 unspecified atom stereocenters. The third-order valence-electron chi connectivity index (χ3n) is 3.31. The number of halogens is 3. The minimum atomic E-state index is -2.83. The summed E-state index contributed by atoms with van der Waals surface area (Å²) in [5.74, 6) is 0.186. The summed E-state index contributed by atoms with van der Waals surface area (Å²) in [4.78, 5) is 0. The molecule has 0 saturated carbocycles. The second-order valence-electron chi connectivity index (χ2n) is 4.73. The molecule has 0 heterocycles. The van der Waals surface area contributed by atoms with Crippen LogP contribution in [0.1, 0.15) is 16.7 Å². The maximum atomic E-state index is 12.4. The maximum Gasteiger partial charge on any atom is 0.387 e. The normalized spacial score (nSPS) is 10.8. The number of aryl methyl sites for hydroxylation is 1. The maximum absolute atomic E-state index is 12.4. The van der Waals surface area contributed by atoms with Crippen molar-refractivity contribution in [3.05, 3.63) is 57.6 Å². The molecule has 1 N–H and O–H groups in total. The van der Waals surface area contributed by atoms with Crippen LogP contribution in [0.3, 0.4) is 0 Å². The van der Waals surface area contributed by atoms with Crippen LogP contribution in [-0.4, -0.2) is 6.61 Å². The highest BCUT2D eigenvalue weighted by molar-refractivity contribution is 9.10. The Balaban J connectivity index is 2.19. The van der Waals surface area contributed by atoms with E-state index in [4.69, 9.17) is 0 Å². The van der Waals surface area contributed by atoms with Crippen LogP contribution in [0.25, 0.3) is 0 Å². The van der Waals surface area contributed by atoms with Crippen molar-refractivity contribution in [2.45, 2.75) is 27.0 Å². The first kappa shape index (κ1) is 15.8. The molecule has 0 aliphatic carbocycles. The highest BCUT2D eigenvalue weighted by Crippen LogP contribution is 2.26. The fourth-order valence-electron chi connectivity index (χ4n) is 2.03. The van der Waals surface area contributed by atoms with E-state index in [1.165, 1.54) is 11.6 Å². The van der Waals surface area contributed by atoms with Crippen LogP contribution in [0.15, 0.2) is 40.9 Å². The van der Waals surface area contributed by atoms with E-state index in [1.54, 1.807) is 12.1 Å². The first-order chi connectivity index (χ1) is 9.97. The van der Waals surface area contributed by atoms with E-state index in [1.807, 2.05) is 32.0 Å². The lowest BCUT2D eigenvalue weighted by molar-refractivity contribution is -0.0504. The molecule has 2 aromatic rings. The Morgan fingerprint density at radius 3 is 2.67 bits per heavy atom. The quantitative estimate of drug-likeness (QED) is 0.787. The van der Waals surface area contributed by atoms with Gasteiger partial charge in [0, 0.05) is 22.3 Å². The molecule has 2 aromatic carbocycles. The Morgan fingerprint density at radius 1 is 1.19 bits per heavy atom. The van der Waals surface area contributed by atoms with E-state index >= 15 is 0 Å². The van der Waals surface area contributed by atoms with Crippen molar-refractivity contribution in [3.63, 3.8) is 0 Å². The van der Waals surface area contributed by atoms with Crippen molar-refractivity contribution in [2.75, 3.05) is 5.32 Å². The van der Waals surface area contributed by atoms with Crippen molar-refractivity contribution < 1.29 is 13.5 Å². The number of rotatable bonds is 5.